The van der Waals surface area contributed by atoms with Gasteiger partial charge >= 0.3 is 18.5 Å². The van der Waals surface area contributed by atoms with Crippen LogP contribution in [0.4, 0.5) is 51.1 Å². The minimum absolute atomic E-state index is 0.158. The van der Waals surface area contributed by atoms with Gasteiger partial charge in [-0.3, -0.25) is 0 Å². The van der Waals surface area contributed by atoms with Gasteiger partial charge in [-0.1, -0.05) is 103 Å². The summed E-state index contributed by atoms with van der Waals surface area (Å²) in [7, 11) is 0. The Bertz CT molecular complexity index is 4050. The first kappa shape index (κ1) is 66.7. The van der Waals surface area contributed by atoms with Gasteiger partial charge in [0.25, 0.3) is 0 Å². The number of thiophene rings is 3. The van der Waals surface area contributed by atoms with Gasteiger partial charge in [-0.2, -0.15) is 39.5 Å². The predicted molar refractivity (Wildman–Crippen MR) is 366 cm³/mol. The summed E-state index contributed by atoms with van der Waals surface area (Å²) in [5, 5.41) is 17.5. The molecule has 1 unspecified atom stereocenters. The Morgan fingerprint density at radius 2 is 0.742 bits per heavy atom. The van der Waals surface area contributed by atoms with Crippen LogP contribution in [0.5, 0.6) is 0 Å². The zero-order chi connectivity index (χ0) is 67.1. The molecule has 3 aliphatic heterocycles. The zero-order valence-electron chi connectivity index (χ0n) is 53.4. The first-order chi connectivity index (χ1) is 46.4. The van der Waals surface area contributed by atoms with E-state index in [1.807, 2.05) is 0 Å². The summed E-state index contributed by atoms with van der Waals surface area (Å²) < 4.78 is 113. The molecule has 0 radical (unpaired) electrons. The third kappa shape index (κ3) is 14.9. The van der Waals surface area contributed by atoms with Gasteiger partial charge in [0.2, 0.25) is 0 Å². The van der Waals surface area contributed by atoms with Gasteiger partial charge in [0.1, 0.15) is 50.3 Å². The maximum absolute atomic E-state index is 12.8. The topological polar surface area (TPSA) is 132 Å². The maximum Gasteiger partial charge on any atom is 0.393 e. The smallest absolute Gasteiger partial charge is 0.355 e. The van der Waals surface area contributed by atoms with Gasteiger partial charge in [-0.15, -0.1) is 34.0 Å². The number of halogens is 10. The number of hydrogen-bond acceptors (Lipinski definition) is 15. The van der Waals surface area contributed by atoms with Crippen molar-refractivity contribution < 1.29 is 39.5 Å². The average molecular weight is 1410 g/mol. The lowest BCUT2D eigenvalue weighted by Gasteiger charge is -2.49. The molecule has 18 rings (SSSR count). The van der Waals surface area contributed by atoms with Crippen LogP contribution in [-0.4, -0.2) is 106 Å². The van der Waals surface area contributed by atoms with Crippen LogP contribution >= 0.6 is 45.6 Å². The molecule has 6 aromatic heterocycles. The summed E-state index contributed by atoms with van der Waals surface area (Å²) in [6, 6.07) is 39.0. The first-order valence-electron chi connectivity index (χ1n) is 33.7. The number of aromatic nitrogens is 6. The van der Waals surface area contributed by atoms with E-state index in [-0.39, 0.29) is 31.9 Å². The van der Waals surface area contributed by atoms with Gasteiger partial charge in [0.15, 0.2) is 0 Å². The van der Waals surface area contributed by atoms with E-state index in [2.05, 4.69) is 152 Å². The van der Waals surface area contributed by atoms with Crippen LogP contribution in [0.3, 0.4) is 0 Å². The van der Waals surface area contributed by atoms with Gasteiger partial charge in [-0.25, -0.2) is 29.9 Å². The number of alkyl halides is 9. The molecule has 3 spiro atoms. The van der Waals surface area contributed by atoms with Crippen LogP contribution in [0.25, 0.3) is 30.6 Å². The Morgan fingerprint density at radius 1 is 0.423 bits per heavy atom. The summed E-state index contributed by atoms with van der Waals surface area (Å²) in [5.74, 6) is 1.56. The number of fused-ring (bicyclic) bond motifs is 3. The molecule has 9 fully saturated rings. The standard InChI is InChI=1S/2C24H25F3N4S.C16H22N2.C8H4ClF3N2S/c2*25-24(26,27)12-18-10-19-20(28-15-29-21(19)32-18)31-13-22(14-31)7-6-17(11-22)30-23(8-9-23)16-4-2-1-3-5-16;1-2-4-13(5-3-1)16(8-9-16)18-14-6-7-15(10-14)11-17-12-15;9-6-5-1-4(2-8(10,11)12)15-7(5)14-3-13-6/h2*1-5,10,15,17,30H,6-9,11-14H2;1-5,14,17-18H,6-12H2;1,3H,2H2/t2*17-;;/m10../s1. The fourth-order valence-electron chi connectivity index (χ4n) is 16.6. The zero-order valence-corrected chi connectivity index (χ0v) is 56.6. The van der Waals surface area contributed by atoms with Crippen LogP contribution in [0.2, 0.25) is 5.15 Å². The Kier molecular flexibility index (Phi) is 17.8. The quantitative estimate of drug-likeness (QED) is 0.0610. The summed E-state index contributed by atoms with van der Waals surface area (Å²) in [5.41, 5.74) is 6.16. The van der Waals surface area contributed by atoms with Crippen LogP contribution in [0.15, 0.2) is 128 Å². The van der Waals surface area contributed by atoms with Crippen molar-refractivity contribution in [1.29, 1.82) is 0 Å². The van der Waals surface area contributed by atoms with E-state index in [9.17, 15) is 39.5 Å². The largest absolute Gasteiger partial charge is 0.393 e. The Hall–Kier alpha value is -6.12. The fraction of sp³-hybridized carbons (Fsp3) is 0.500. The highest BCUT2D eigenvalue weighted by Crippen LogP contribution is 2.55. The third-order valence-corrected chi connectivity index (χ3v) is 25.1. The van der Waals surface area contributed by atoms with E-state index in [4.69, 9.17) is 11.6 Å². The van der Waals surface area contributed by atoms with Crippen molar-refractivity contribution in [3.63, 3.8) is 0 Å². The number of anilines is 2. The van der Waals surface area contributed by atoms with Gasteiger partial charge in [-0.05, 0) is 137 Å². The van der Waals surface area contributed by atoms with Crippen molar-refractivity contribution in [1.82, 2.24) is 51.2 Å². The van der Waals surface area contributed by atoms with E-state index >= 15 is 0 Å². The van der Waals surface area contributed by atoms with E-state index in [0.717, 1.165) is 101 Å². The second-order valence-electron chi connectivity index (χ2n) is 29.1. The minimum atomic E-state index is -4.21. The normalized spacial score (nSPS) is 23.3. The van der Waals surface area contributed by atoms with Crippen molar-refractivity contribution in [2.45, 2.75) is 169 Å². The lowest BCUT2D eigenvalue weighted by atomic mass is 9.78. The molecule has 25 heteroatoms. The van der Waals surface area contributed by atoms with Crippen molar-refractivity contribution >= 4 is 87.9 Å². The highest BCUT2D eigenvalue weighted by molar-refractivity contribution is 7.19. The number of benzene rings is 3. The molecule has 97 heavy (non-hydrogen) atoms. The van der Waals surface area contributed by atoms with Crippen LogP contribution in [-0.2, 0) is 35.9 Å². The molecule has 6 saturated carbocycles. The fourth-order valence-corrected chi connectivity index (χ4v) is 19.9. The Labute approximate surface area is 574 Å². The molecule has 3 atom stereocenters. The molecule has 0 bridgehead atoms. The molecule has 6 aliphatic carbocycles. The molecule has 512 valence electrons. The third-order valence-electron chi connectivity index (χ3n) is 21.7. The van der Waals surface area contributed by atoms with E-state index in [1.54, 1.807) is 12.1 Å². The Morgan fingerprint density at radius 3 is 1.05 bits per heavy atom. The monoisotopic (exact) mass is 1410 g/mol. The number of rotatable bonds is 14. The molecule has 3 aromatic carbocycles. The lowest BCUT2D eigenvalue weighted by Crippen LogP contribution is -2.56. The van der Waals surface area contributed by atoms with Crippen LogP contribution < -0.4 is 31.1 Å². The minimum Gasteiger partial charge on any atom is -0.355 e. The van der Waals surface area contributed by atoms with Crippen molar-refractivity contribution in [2.24, 2.45) is 16.2 Å². The molecule has 12 nitrogen and oxygen atoms in total. The molecule has 4 N–H and O–H groups in total. The number of nitrogens with zero attached hydrogens (tertiary/aromatic N) is 8. The SMILES string of the molecule is FC(F)(F)Cc1cc2c(Cl)ncnc2s1.FC(F)(F)Cc1cc2c(N3CC4(CC[C@@H](NC5(c6ccccc6)CC5)C4)C3)ncnc2s1.FC(F)(F)Cc1cc2c(N3CC4(CC[C@H](NC5(c6ccccc6)CC5)C4)C3)ncnc2s1.c1ccc(C2(NC3CCC4(CNC4)C3)CC2)cc1. The predicted octanol–water partition coefficient (Wildman–Crippen LogP) is 16.7. The molecule has 9 aromatic rings. The molecular formula is C72H76ClF9N12S3. The van der Waals surface area contributed by atoms with Gasteiger partial charge in [0.05, 0.1) is 30.0 Å². The van der Waals surface area contributed by atoms with Crippen molar-refractivity contribution in [3.8, 4) is 0 Å². The highest BCUT2D eigenvalue weighted by atomic mass is 35.5. The molecule has 0 amide bonds. The molecule has 9 aliphatic rings. The van der Waals surface area contributed by atoms with Crippen LogP contribution in [0, 0.1) is 16.2 Å². The van der Waals surface area contributed by atoms with Gasteiger partial charge in [0, 0.05) is 105 Å². The molecule has 3 saturated heterocycles. The summed E-state index contributed by atoms with van der Waals surface area (Å²) in [4.78, 5) is 31.9. The summed E-state index contributed by atoms with van der Waals surface area (Å²) in [6.45, 7) is 6.17. The number of hydrogen-bond donors (Lipinski definition) is 4. The number of nitrogens with one attached hydrogen (secondary N) is 4. The van der Waals surface area contributed by atoms with E-state index < -0.39 is 37.8 Å². The lowest BCUT2D eigenvalue weighted by molar-refractivity contribution is -0.127. The van der Waals surface area contributed by atoms with E-state index in [1.165, 1.54) is 138 Å². The second-order valence-corrected chi connectivity index (χ2v) is 32.8. The average Bonchev–Trinajstić information content (AvgIpc) is 1.65. The highest BCUT2D eigenvalue weighted by Gasteiger charge is 2.55. The van der Waals surface area contributed by atoms with Gasteiger partial charge < -0.3 is 31.1 Å². The first-order valence-corrected chi connectivity index (χ1v) is 36.5. The summed E-state index contributed by atoms with van der Waals surface area (Å²) >= 11 is 8.93. The summed E-state index contributed by atoms with van der Waals surface area (Å²) in [6.07, 6.45) is 7.42. The van der Waals surface area contributed by atoms with Crippen molar-refractivity contribution in [3.05, 3.63) is 165 Å². The molecular weight excluding hydrogens is 1340 g/mol. The van der Waals surface area contributed by atoms with E-state index in [0.29, 0.717) is 52.7 Å². The van der Waals surface area contributed by atoms with Crippen molar-refractivity contribution in [2.75, 3.05) is 49.1 Å². The maximum atomic E-state index is 12.8. The second kappa shape index (κ2) is 25.8. The Balaban J connectivity index is 0.000000111. The van der Waals surface area contributed by atoms with Crippen LogP contribution in [0.1, 0.15) is 128 Å². The molecule has 9 heterocycles.